The zero-order valence-electron chi connectivity index (χ0n) is 18.9. The maximum absolute atomic E-state index is 13.1. The minimum atomic E-state index is -3.77. The Morgan fingerprint density at radius 1 is 1.00 bits per heavy atom. The molecule has 0 unspecified atom stereocenters. The molecule has 0 radical (unpaired) electrons. The zero-order valence-corrected chi connectivity index (χ0v) is 19.7. The third kappa shape index (κ3) is 5.76. The van der Waals surface area contributed by atoms with Gasteiger partial charge in [0.15, 0.2) is 0 Å². The van der Waals surface area contributed by atoms with Crippen molar-refractivity contribution in [1.29, 1.82) is 0 Å². The molecule has 1 aromatic rings. The molecule has 10 nitrogen and oxygen atoms in total. The highest BCUT2D eigenvalue weighted by atomic mass is 32.2. The second-order valence-corrected chi connectivity index (χ2v) is 10.6. The van der Waals surface area contributed by atoms with Crippen molar-refractivity contribution in [3.05, 3.63) is 28.3 Å². The second kappa shape index (κ2) is 10.6. The first kappa shape index (κ1) is 24.4. The van der Waals surface area contributed by atoms with Gasteiger partial charge in [-0.25, -0.2) is 8.42 Å². The summed E-state index contributed by atoms with van der Waals surface area (Å²) < 4.78 is 27.7. The largest absolute Gasteiger partial charge is 0.365 e. The lowest BCUT2D eigenvalue weighted by Gasteiger charge is -2.24. The number of anilines is 1. The number of carbonyl (C=O) groups excluding carboxylic acids is 1. The van der Waals surface area contributed by atoms with Gasteiger partial charge in [0.05, 0.1) is 16.4 Å². The van der Waals surface area contributed by atoms with Crippen molar-refractivity contribution in [3.63, 3.8) is 0 Å². The van der Waals surface area contributed by atoms with Gasteiger partial charge in [0.2, 0.25) is 15.9 Å². The number of nitro groups is 1. The van der Waals surface area contributed by atoms with Gasteiger partial charge in [-0.1, -0.05) is 12.8 Å². The van der Waals surface area contributed by atoms with E-state index in [0.29, 0.717) is 45.0 Å². The van der Waals surface area contributed by atoms with Crippen molar-refractivity contribution in [1.82, 2.24) is 14.1 Å². The maximum Gasteiger partial charge on any atom is 0.293 e. The fourth-order valence-corrected chi connectivity index (χ4v) is 5.75. The number of hydrogen-bond acceptors (Lipinski definition) is 7. The van der Waals surface area contributed by atoms with Crippen LogP contribution < -0.4 is 4.90 Å². The van der Waals surface area contributed by atoms with E-state index in [4.69, 9.17) is 0 Å². The number of nitro benzene ring substituents is 1. The van der Waals surface area contributed by atoms with E-state index in [1.807, 2.05) is 9.80 Å². The Morgan fingerprint density at radius 3 is 2.31 bits per heavy atom. The van der Waals surface area contributed by atoms with Crippen molar-refractivity contribution in [2.24, 2.45) is 0 Å². The molecule has 0 spiro atoms. The lowest BCUT2D eigenvalue weighted by Crippen LogP contribution is -2.38. The highest BCUT2D eigenvalue weighted by Gasteiger charge is 2.30. The van der Waals surface area contributed by atoms with E-state index in [1.165, 1.54) is 16.4 Å². The Kier molecular flexibility index (Phi) is 8.07. The Balaban J connectivity index is 1.80. The van der Waals surface area contributed by atoms with Crippen molar-refractivity contribution in [3.8, 4) is 0 Å². The number of benzene rings is 1. The van der Waals surface area contributed by atoms with Crippen LogP contribution in [-0.4, -0.2) is 93.3 Å². The SMILES string of the molecule is CN(C)C(=O)CN1CCCN(c2ccc(S(=O)(=O)N3CCCCCC3)cc2[N+](=O)[O-])CC1. The molecule has 0 N–H and O–H groups in total. The second-order valence-electron chi connectivity index (χ2n) is 8.63. The molecule has 11 heteroatoms. The lowest BCUT2D eigenvalue weighted by molar-refractivity contribution is -0.384. The number of hydrogen-bond donors (Lipinski definition) is 0. The van der Waals surface area contributed by atoms with Crippen LogP contribution in [0.2, 0.25) is 0 Å². The van der Waals surface area contributed by atoms with Gasteiger partial charge in [0, 0.05) is 59.4 Å². The van der Waals surface area contributed by atoms with Crippen molar-refractivity contribution < 1.29 is 18.1 Å². The van der Waals surface area contributed by atoms with Gasteiger partial charge in [-0.05, 0) is 31.4 Å². The van der Waals surface area contributed by atoms with Crippen LogP contribution in [0.15, 0.2) is 23.1 Å². The Labute approximate surface area is 190 Å². The summed E-state index contributed by atoms with van der Waals surface area (Å²) in [5.74, 6) is 0.0208. The molecular weight excluding hydrogens is 434 g/mol. The summed E-state index contributed by atoms with van der Waals surface area (Å²) in [7, 11) is -0.328. The maximum atomic E-state index is 13.1. The third-order valence-electron chi connectivity index (χ3n) is 6.13. The Hall–Kier alpha value is -2.24. The molecule has 2 aliphatic heterocycles. The Bertz CT molecular complexity index is 929. The topological polar surface area (TPSA) is 107 Å². The van der Waals surface area contributed by atoms with E-state index < -0.39 is 14.9 Å². The van der Waals surface area contributed by atoms with Crippen LogP contribution in [0, 0.1) is 10.1 Å². The zero-order chi connectivity index (χ0) is 23.3. The van der Waals surface area contributed by atoms with Gasteiger partial charge < -0.3 is 9.80 Å². The van der Waals surface area contributed by atoms with Crippen LogP contribution in [0.4, 0.5) is 11.4 Å². The molecule has 0 saturated carbocycles. The predicted molar refractivity (Wildman–Crippen MR) is 122 cm³/mol. The highest BCUT2D eigenvalue weighted by Crippen LogP contribution is 2.33. The van der Waals surface area contributed by atoms with Gasteiger partial charge in [-0.2, -0.15) is 4.31 Å². The molecule has 3 rings (SSSR count). The quantitative estimate of drug-likeness (QED) is 0.463. The van der Waals surface area contributed by atoms with Crippen LogP contribution in [-0.2, 0) is 14.8 Å². The van der Waals surface area contributed by atoms with E-state index in [-0.39, 0.29) is 16.5 Å². The summed E-state index contributed by atoms with van der Waals surface area (Å²) in [6.45, 7) is 3.67. The molecule has 2 heterocycles. The van der Waals surface area contributed by atoms with Crippen LogP contribution in [0.5, 0.6) is 0 Å². The molecule has 2 fully saturated rings. The van der Waals surface area contributed by atoms with Gasteiger partial charge in [0.1, 0.15) is 5.69 Å². The predicted octanol–water partition coefficient (Wildman–Crippen LogP) is 1.76. The number of nitrogens with zero attached hydrogens (tertiary/aromatic N) is 5. The standard InChI is InChI=1S/C21H33N5O5S/c1-22(2)21(27)17-23-10-7-11-24(15-14-23)19-9-8-18(16-20(19)26(28)29)32(30,31)25-12-5-3-4-6-13-25/h8-9,16H,3-7,10-15,17H2,1-2H3. The lowest BCUT2D eigenvalue weighted by atomic mass is 10.2. The molecule has 2 aliphatic rings. The molecule has 178 valence electrons. The molecular formula is C21H33N5O5S. The summed E-state index contributed by atoms with van der Waals surface area (Å²) in [6.07, 6.45) is 4.36. The number of amides is 1. The minimum absolute atomic E-state index is 0.0208. The third-order valence-corrected chi connectivity index (χ3v) is 8.03. The van der Waals surface area contributed by atoms with Crippen LogP contribution in [0.1, 0.15) is 32.1 Å². The van der Waals surface area contributed by atoms with E-state index >= 15 is 0 Å². The summed E-state index contributed by atoms with van der Waals surface area (Å²) >= 11 is 0. The summed E-state index contributed by atoms with van der Waals surface area (Å²) in [4.78, 5) is 28.9. The van der Waals surface area contributed by atoms with Crippen LogP contribution in [0.3, 0.4) is 0 Å². The first-order valence-electron chi connectivity index (χ1n) is 11.2. The van der Waals surface area contributed by atoms with E-state index in [0.717, 1.165) is 38.6 Å². The number of carbonyl (C=O) groups is 1. The van der Waals surface area contributed by atoms with Crippen molar-refractivity contribution in [2.75, 3.05) is 64.8 Å². The van der Waals surface area contributed by atoms with E-state index in [1.54, 1.807) is 25.1 Å². The molecule has 0 bridgehead atoms. The van der Waals surface area contributed by atoms with Crippen molar-refractivity contribution in [2.45, 2.75) is 37.0 Å². The smallest absolute Gasteiger partial charge is 0.293 e. The van der Waals surface area contributed by atoms with Crippen LogP contribution in [0.25, 0.3) is 0 Å². The minimum Gasteiger partial charge on any atom is -0.365 e. The number of rotatable bonds is 6. The van der Waals surface area contributed by atoms with Gasteiger partial charge >= 0.3 is 0 Å². The monoisotopic (exact) mass is 467 g/mol. The average Bonchev–Trinajstić information content (AvgIpc) is 3.17. The first-order chi connectivity index (χ1) is 15.2. The normalized spacial score (nSPS) is 19.2. The van der Waals surface area contributed by atoms with Crippen LogP contribution >= 0.6 is 0 Å². The Morgan fingerprint density at radius 2 is 1.69 bits per heavy atom. The molecule has 32 heavy (non-hydrogen) atoms. The highest BCUT2D eigenvalue weighted by molar-refractivity contribution is 7.89. The summed E-state index contributed by atoms with van der Waals surface area (Å²) in [5.41, 5.74) is 0.226. The molecule has 1 amide bonds. The summed E-state index contributed by atoms with van der Waals surface area (Å²) in [5, 5.41) is 11.9. The van der Waals surface area contributed by atoms with Crippen molar-refractivity contribution >= 4 is 27.3 Å². The van der Waals surface area contributed by atoms with Gasteiger partial charge in [-0.15, -0.1) is 0 Å². The molecule has 2 saturated heterocycles. The fraction of sp³-hybridized carbons (Fsp3) is 0.667. The molecule has 0 aromatic heterocycles. The molecule has 0 atom stereocenters. The number of likely N-dealkylation sites (N-methyl/N-ethyl adjacent to an activating group) is 1. The molecule has 1 aromatic carbocycles. The number of sulfonamides is 1. The fourth-order valence-electron chi connectivity index (χ4n) is 4.21. The van der Waals surface area contributed by atoms with E-state index in [9.17, 15) is 23.3 Å². The van der Waals surface area contributed by atoms with Gasteiger partial charge in [-0.3, -0.25) is 19.8 Å². The summed E-state index contributed by atoms with van der Waals surface area (Å²) in [6, 6.07) is 4.25. The first-order valence-corrected chi connectivity index (χ1v) is 12.6. The average molecular weight is 468 g/mol. The molecule has 0 aliphatic carbocycles. The van der Waals surface area contributed by atoms with Gasteiger partial charge in [0.25, 0.3) is 5.69 Å². The van der Waals surface area contributed by atoms with E-state index in [2.05, 4.69) is 0 Å².